The van der Waals surface area contributed by atoms with Crippen molar-refractivity contribution in [3.63, 3.8) is 0 Å². The Balaban J connectivity index is 1.77. The van der Waals surface area contributed by atoms with Crippen molar-refractivity contribution in [2.24, 2.45) is 11.8 Å². The highest BCUT2D eigenvalue weighted by molar-refractivity contribution is 5.81. The molecule has 0 bridgehead atoms. The number of nitrogens with one attached hydrogen (secondary N) is 1. The second kappa shape index (κ2) is 11.7. The number of amides is 3. The predicted octanol–water partition coefficient (Wildman–Crippen LogP) is 2.54. The predicted molar refractivity (Wildman–Crippen MR) is 118 cm³/mol. The highest BCUT2D eigenvalue weighted by Crippen LogP contribution is 2.23. The molecule has 0 spiro atoms. The number of likely N-dealkylation sites (tertiary alicyclic amines) is 1. The molecule has 1 heterocycles. The molecule has 2 rings (SSSR count). The first kappa shape index (κ1) is 25.4. The summed E-state index contributed by atoms with van der Waals surface area (Å²) in [5.41, 5.74) is -0.522. The van der Waals surface area contributed by atoms with E-state index in [-0.39, 0.29) is 12.0 Å². The Hall–Kier alpha value is -1.83. The maximum Gasteiger partial charge on any atom is 0.410 e. The second-order valence-corrected chi connectivity index (χ2v) is 10.1. The molecule has 2 N–H and O–H groups in total. The molecule has 2 atom stereocenters. The molecule has 2 unspecified atom stereocenters. The van der Waals surface area contributed by atoms with Gasteiger partial charge in [-0.2, -0.15) is 0 Å². The van der Waals surface area contributed by atoms with Crippen LogP contribution in [0.2, 0.25) is 0 Å². The molecule has 1 saturated heterocycles. The van der Waals surface area contributed by atoms with Crippen LogP contribution in [0.4, 0.5) is 4.79 Å². The van der Waals surface area contributed by atoms with Gasteiger partial charge in [-0.05, 0) is 65.2 Å². The number of ether oxygens (including phenoxy) is 1. The van der Waals surface area contributed by atoms with E-state index in [2.05, 4.69) is 5.32 Å². The maximum atomic E-state index is 12.4. The van der Waals surface area contributed by atoms with Gasteiger partial charge in [0.1, 0.15) is 5.60 Å². The van der Waals surface area contributed by atoms with Crippen LogP contribution < -0.4 is 5.32 Å². The van der Waals surface area contributed by atoms with Gasteiger partial charge in [-0.25, -0.2) is 4.79 Å². The van der Waals surface area contributed by atoms with Crippen LogP contribution in [0.25, 0.3) is 0 Å². The molecule has 0 aromatic heterocycles. The van der Waals surface area contributed by atoms with Gasteiger partial charge in [0.15, 0.2) is 6.10 Å². The summed E-state index contributed by atoms with van der Waals surface area (Å²) in [7, 11) is 0. The van der Waals surface area contributed by atoms with Crippen LogP contribution in [0.3, 0.4) is 0 Å². The van der Waals surface area contributed by atoms with Crippen LogP contribution in [0, 0.1) is 11.8 Å². The molecule has 3 amide bonds. The van der Waals surface area contributed by atoms with E-state index in [1.54, 1.807) is 11.8 Å². The molecule has 2 fully saturated rings. The van der Waals surface area contributed by atoms with Gasteiger partial charge in [0.2, 0.25) is 6.41 Å². The molecule has 8 nitrogen and oxygen atoms in total. The first-order valence-corrected chi connectivity index (χ1v) is 11.8. The third-order valence-corrected chi connectivity index (χ3v) is 6.41. The molecular formula is C23H41N3O5. The molecule has 0 aromatic carbocycles. The van der Waals surface area contributed by atoms with E-state index in [1.165, 1.54) is 24.2 Å². The Labute approximate surface area is 186 Å². The van der Waals surface area contributed by atoms with Crippen LogP contribution in [0.15, 0.2) is 0 Å². The van der Waals surface area contributed by atoms with Crippen molar-refractivity contribution in [2.75, 3.05) is 26.2 Å². The second-order valence-electron chi connectivity index (χ2n) is 10.1. The number of carbonyl (C=O) groups excluding carboxylic acids is 3. The lowest BCUT2D eigenvalue weighted by Crippen LogP contribution is -2.51. The number of carbonyl (C=O) groups is 3. The van der Waals surface area contributed by atoms with Crippen LogP contribution in [-0.2, 0) is 14.3 Å². The summed E-state index contributed by atoms with van der Waals surface area (Å²) in [6.07, 6.45) is 6.55. The fourth-order valence-electron chi connectivity index (χ4n) is 4.37. The Morgan fingerprint density at radius 3 is 2.29 bits per heavy atom. The minimum Gasteiger partial charge on any atom is -0.444 e. The van der Waals surface area contributed by atoms with E-state index in [9.17, 15) is 19.5 Å². The topological polar surface area (TPSA) is 99.2 Å². The summed E-state index contributed by atoms with van der Waals surface area (Å²) in [5, 5.41) is 13.4. The Bertz CT molecular complexity index is 593. The van der Waals surface area contributed by atoms with E-state index in [0.717, 1.165) is 25.7 Å². The molecule has 8 heteroatoms. The van der Waals surface area contributed by atoms with Crippen molar-refractivity contribution in [3.8, 4) is 0 Å². The summed E-state index contributed by atoms with van der Waals surface area (Å²) >= 11 is 0. The smallest absolute Gasteiger partial charge is 0.410 e. The summed E-state index contributed by atoms with van der Waals surface area (Å²) in [5.74, 6) is 0.283. The molecule has 0 radical (unpaired) electrons. The third kappa shape index (κ3) is 8.31. The van der Waals surface area contributed by atoms with E-state index >= 15 is 0 Å². The number of rotatable bonds is 8. The van der Waals surface area contributed by atoms with Gasteiger partial charge in [-0.1, -0.05) is 19.3 Å². The summed E-state index contributed by atoms with van der Waals surface area (Å²) in [6.45, 7) is 9.44. The highest BCUT2D eigenvalue weighted by atomic mass is 16.6. The fourth-order valence-corrected chi connectivity index (χ4v) is 4.37. The average molecular weight is 440 g/mol. The van der Waals surface area contributed by atoms with E-state index in [4.69, 9.17) is 4.74 Å². The molecule has 0 aromatic rings. The molecule has 2 aliphatic rings. The third-order valence-electron chi connectivity index (χ3n) is 6.41. The summed E-state index contributed by atoms with van der Waals surface area (Å²) < 4.78 is 5.42. The number of piperidine rings is 1. The number of nitrogens with zero attached hydrogens (tertiary/aromatic N) is 2. The van der Waals surface area contributed by atoms with Gasteiger partial charge in [-0.15, -0.1) is 0 Å². The Kier molecular flexibility index (Phi) is 9.59. The fraction of sp³-hybridized carbons (Fsp3) is 0.870. The summed E-state index contributed by atoms with van der Waals surface area (Å²) in [6, 6.07) is -0.604. The molecule has 178 valence electrons. The van der Waals surface area contributed by atoms with E-state index < -0.39 is 23.7 Å². The lowest BCUT2D eigenvalue weighted by Gasteiger charge is -2.37. The van der Waals surface area contributed by atoms with Crippen LogP contribution in [0.1, 0.15) is 72.6 Å². The zero-order valence-electron chi connectivity index (χ0n) is 19.6. The van der Waals surface area contributed by atoms with Crippen molar-refractivity contribution in [1.29, 1.82) is 0 Å². The normalized spacial score (nSPS) is 20.6. The number of hydrogen-bond donors (Lipinski definition) is 2. The SMILES string of the molecule is CC(C(O)C(=O)NCC1CCCCC1)N(C=O)CC1CCN(C(=O)OC(C)(C)C)CC1. The average Bonchev–Trinajstić information content (AvgIpc) is 2.74. The van der Waals surface area contributed by atoms with Crippen molar-refractivity contribution < 1.29 is 24.2 Å². The quantitative estimate of drug-likeness (QED) is 0.566. The first-order valence-electron chi connectivity index (χ1n) is 11.8. The molecule has 1 aliphatic heterocycles. The standard InChI is InChI=1S/C23H41N3O5/c1-17(20(28)21(29)24-14-18-8-6-5-7-9-18)26(16-27)15-19-10-12-25(13-11-19)22(30)31-23(2,3)4/h16-20,28H,5-15H2,1-4H3,(H,24,29). The maximum absolute atomic E-state index is 12.4. The lowest BCUT2D eigenvalue weighted by atomic mass is 9.89. The Morgan fingerprint density at radius 1 is 1.13 bits per heavy atom. The molecule has 31 heavy (non-hydrogen) atoms. The minimum absolute atomic E-state index is 0.212. The van der Waals surface area contributed by atoms with Gasteiger partial charge in [0.25, 0.3) is 5.91 Å². The monoisotopic (exact) mass is 439 g/mol. The van der Waals surface area contributed by atoms with Crippen LogP contribution in [-0.4, -0.2) is 77.2 Å². The van der Waals surface area contributed by atoms with Crippen LogP contribution >= 0.6 is 0 Å². The van der Waals surface area contributed by atoms with Gasteiger partial charge in [-0.3, -0.25) is 9.59 Å². The first-order chi connectivity index (χ1) is 14.6. The number of aliphatic hydroxyl groups is 1. The lowest BCUT2D eigenvalue weighted by molar-refractivity contribution is -0.136. The number of aliphatic hydroxyl groups excluding tert-OH is 1. The van der Waals surface area contributed by atoms with Gasteiger partial charge >= 0.3 is 6.09 Å². The zero-order valence-corrected chi connectivity index (χ0v) is 19.6. The van der Waals surface area contributed by atoms with Crippen molar-refractivity contribution in [3.05, 3.63) is 0 Å². The molecular weight excluding hydrogens is 398 g/mol. The van der Waals surface area contributed by atoms with Crippen molar-refractivity contribution >= 4 is 18.4 Å². The van der Waals surface area contributed by atoms with Crippen molar-refractivity contribution in [2.45, 2.75) is 90.4 Å². The highest BCUT2D eigenvalue weighted by Gasteiger charge is 2.31. The van der Waals surface area contributed by atoms with Gasteiger partial charge in [0, 0.05) is 26.2 Å². The largest absolute Gasteiger partial charge is 0.444 e. The van der Waals surface area contributed by atoms with Crippen LogP contribution in [0.5, 0.6) is 0 Å². The van der Waals surface area contributed by atoms with E-state index in [0.29, 0.717) is 38.5 Å². The van der Waals surface area contributed by atoms with E-state index in [1.807, 2.05) is 20.8 Å². The summed E-state index contributed by atoms with van der Waals surface area (Å²) in [4.78, 5) is 39.5. The van der Waals surface area contributed by atoms with Gasteiger partial charge < -0.3 is 25.0 Å². The van der Waals surface area contributed by atoms with Crippen molar-refractivity contribution in [1.82, 2.24) is 15.1 Å². The minimum atomic E-state index is -1.25. The zero-order chi connectivity index (χ0) is 23.0. The molecule has 1 saturated carbocycles. The molecule has 1 aliphatic carbocycles. The number of hydrogen-bond acceptors (Lipinski definition) is 5. The van der Waals surface area contributed by atoms with Gasteiger partial charge in [0.05, 0.1) is 6.04 Å². The Morgan fingerprint density at radius 2 is 1.74 bits per heavy atom.